The maximum absolute atomic E-state index is 10.1. The minimum Gasteiger partial charge on any atom is -0.790 e. The van der Waals surface area contributed by atoms with Crippen LogP contribution in [0, 0.1) is 0 Å². The van der Waals surface area contributed by atoms with Gasteiger partial charge < -0.3 is 18.9 Å². The fourth-order valence-corrected chi connectivity index (χ4v) is 1.22. The Labute approximate surface area is 127 Å². The van der Waals surface area contributed by atoms with Crippen molar-refractivity contribution in [1.82, 2.24) is 0 Å². The molecule has 0 aromatic rings. The standard InChI is InChI=1S/C10H19O4P.2Li/c1-9(2)5-4-6-10(3)7-8-14-15(11,12)13;;/h5,7H,4,6,8H2,1-3H3,(H2,11,12,13);;/q;2*+1/p-2. The molecule has 4 nitrogen and oxygen atoms in total. The molecule has 0 rings (SSSR count). The predicted octanol–water partition coefficient (Wildman–Crippen LogP) is -4.47. The van der Waals surface area contributed by atoms with Gasteiger partial charge in [0.05, 0.1) is 14.4 Å². The van der Waals surface area contributed by atoms with E-state index in [1.807, 2.05) is 20.8 Å². The van der Waals surface area contributed by atoms with Crippen molar-refractivity contribution < 1.29 is 56.6 Å². The fraction of sp³-hybridized carbons (Fsp3) is 0.600. The molecule has 0 saturated heterocycles. The van der Waals surface area contributed by atoms with E-state index < -0.39 is 7.82 Å². The molecule has 0 radical (unpaired) electrons. The molecule has 0 aromatic heterocycles. The first-order chi connectivity index (χ1) is 6.81. The molecule has 0 saturated carbocycles. The maximum atomic E-state index is 10.1. The minimum absolute atomic E-state index is 0. The van der Waals surface area contributed by atoms with Gasteiger partial charge in [-0.15, -0.1) is 0 Å². The molecule has 88 valence electrons. The SMILES string of the molecule is CC(C)=CCCC(C)=CCOP(=O)([O-])[O-].[Li+].[Li+]. The average molecular weight is 246 g/mol. The fourth-order valence-electron chi connectivity index (χ4n) is 0.961. The van der Waals surface area contributed by atoms with E-state index in [4.69, 9.17) is 0 Å². The number of phosphoric acid groups is 1. The summed E-state index contributed by atoms with van der Waals surface area (Å²) in [6, 6.07) is 0. The number of phosphoric ester groups is 1. The van der Waals surface area contributed by atoms with E-state index in [9.17, 15) is 14.4 Å². The zero-order valence-corrected chi connectivity index (χ0v) is 12.3. The molecule has 0 amide bonds. The summed E-state index contributed by atoms with van der Waals surface area (Å²) in [4.78, 5) is 20.3. The molecule has 0 unspecified atom stereocenters. The van der Waals surface area contributed by atoms with Crippen molar-refractivity contribution in [3.8, 4) is 0 Å². The normalized spacial score (nSPS) is 11.2. The van der Waals surface area contributed by atoms with Gasteiger partial charge in [-0.2, -0.15) is 0 Å². The van der Waals surface area contributed by atoms with Crippen LogP contribution < -0.4 is 47.5 Å². The molecule has 0 aliphatic carbocycles. The quantitative estimate of drug-likeness (QED) is 0.269. The van der Waals surface area contributed by atoms with E-state index in [1.165, 1.54) is 5.57 Å². The largest absolute Gasteiger partial charge is 1.00 e. The second-order valence-corrected chi connectivity index (χ2v) is 4.77. The van der Waals surface area contributed by atoms with Crippen molar-refractivity contribution in [2.75, 3.05) is 6.61 Å². The predicted molar refractivity (Wildman–Crippen MR) is 56.0 cm³/mol. The second-order valence-electron chi connectivity index (χ2n) is 3.61. The van der Waals surface area contributed by atoms with Crippen LogP contribution in [0.15, 0.2) is 23.3 Å². The van der Waals surface area contributed by atoms with Crippen LogP contribution in [0.1, 0.15) is 33.6 Å². The summed E-state index contributed by atoms with van der Waals surface area (Å²) in [7, 11) is -4.82. The van der Waals surface area contributed by atoms with Crippen molar-refractivity contribution in [3.63, 3.8) is 0 Å². The van der Waals surface area contributed by atoms with Gasteiger partial charge in [-0.25, -0.2) is 0 Å². The zero-order chi connectivity index (χ0) is 11.9. The van der Waals surface area contributed by atoms with Gasteiger partial charge in [0.15, 0.2) is 0 Å². The van der Waals surface area contributed by atoms with Crippen molar-refractivity contribution in [2.45, 2.75) is 33.6 Å². The molecule has 0 heterocycles. The Kier molecular flexibility index (Phi) is 16.0. The Balaban J connectivity index is -0.000000980. The van der Waals surface area contributed by atoms with E-state index in [0.29, 0.717) is 0 Å². The van der Waals surface area contributed by atoms with Crippen LogP contribution in [-0.2, 0) is 9.09 Å². The Morgan fingerprint density at radius 2 is 1.71 bits per heavy atom. The van der Waals surface area contributed by atoms with Crippen LogP contribution in [0.2, 0.25) is 0 Å². The average Bonchev–Trinajstić information content (AvgIpc) is 2.00. The number of hydrogen-bond acceptors (Lipinski definition) is 4. The van der Waals surface area contributed by atoms with Crippen LogP contribution >= 0.6 is 7.82 Å². The molecule has 0 aromatic carbocycles. The maximum Gasteiger partial charge on any atom is 1.00 e. The van der Waals surface area contributed by atoms with Crippen LogP contribution in [0.3, 0.4) is 0 Å². The summed E-state index contributed by atoms with van der Waals surface area (Å²) in [6.45, 7) is 5.76. The molecule has 0 fully saturated rings. The van der Waals surface area contributed by atoms with Crippen LogP contribution in [-0.4, -0.2) is 6.61 Å². The van der Waals surface area contributed by atoms with E-state index in [-0.39, 0.29) is 44.3 Å². The van der Waals surface area contributed by atoms with Crippen LogP contribution in [0.25, 0.3) is 0 Å². The molecule has 0 spiro atoms. The van der Waals surface area contributed by atoms with E-state index >= 15 is 0 Å². The Bertz CT molecular complexity index is 293. The van der Waals surface area contributed by atoms with Gasteiger partial charge in [-0.1, -0.05) is 23.3 Å². The summed E-state index contributed by atoms with van der Waals surface area (Å²) in [6.07, 6.45) is 5.47. The summed E-state index contributed by atoms with van der Waals surface area (Å²) < 4.78 is 14.2. The molecule has 0 aliphatic heterocycles. The Hall–Kier alpha value is 0.785. The molecule has 0 N–H and O–H groups in total. The summed E-state index contributed by atoms with van der Waals surface area (Å²) in [5.41, 5.74) is 2.27. The van der Waals surface area contributed by atoms with Crippen molar-refractivity contribution >= 4 is 7.82 Å². The first kappa shape index (κ1) is 22.9. The van der Waals surface area contributed by atoms with E-state index in [2.05, 4.69) is 10.6 Å². The molecular weight excluding hydrogens is 229 g/mol. The number of rotatable bonds is 6. The van der Waals surface area contributed by atoms with Gasteiger partial charge in [0, 0.05) is 0 Å². The van der Waals surface area contributed by atoms with E-state index in [0.717, 1.165) is 18.4 Å². The summed E-state index contributed by atoms with van der Waals surface area (Å²) >= 11 is 0. The van der Waals surface area contributed by atoms with Gasteiger partial charge in [0.25, 0.3) is 0 Å². The molecule has 0 bridgehead atoms. The Morgan fingerprint density at radius 3 is 2.12 bits per heavy atom. The van der Waals surface area contributed by atoms with Crippen LogP contribution in [0.5, 0.6) is 0 Å². The third-order valence-corrected chi connectivity index (χ3v) is 2.22. The second kappa shape index (κ2) is 11.9. The van der Waals surface area contributed by atoms with E-state index in [1.54, 1.807) is 6.08 Å². The van der Waals surface area contributed by atoms with Gasteiger partial charge in [0.2, 0.25) is 0 Å². The third-order valence-electron chi connectivity index (χ3n) is 1.76. The molecule has 17 heavy (non-hydrogen) atoms. The van der Waals surface area contributed by atoms with Gasteiger partial charge >= 0.3 is 37.7 Å². The first-order valence-corrected chi connectivity index (χ1v) is 6.23. The topological polar surface area (TPSA) is 72.4 Å². The number of hydrogen-bond donors (Lipinski definition) is 0. The zero-order valence-electron chi connectivity index (χ0n) is 11.4. The third kappa shape index (κ3) is 19.3. The van der Waals surface area contributed by atoms with Crippen molar-refractivity contribution in [2.24, 2.45) is 0 Å². The monoisotopic (exact) mass is 246 g/mol. The number of allylic oxidation sites excluding steroid dienone is 3. The molecule has 0 aliphatic rings. The molecule has 7 heteroatoms. The minimum atomic E-state index is -4.82. The van der Waals surface area contributed by atoms with Gasteiger partial charge in [-0.05, 0) is 33.6 Å². The summed E-state index contributed by atoms with van der Waals surface area (Å²) in [5.74, 6) is 0. The van der Waals surface area contributed by atoms with Gasteiger partial charge in [-0.3, -0.25) is 0 Å². The van der Waals surface area contributed by atoms with Crippen molar-refractivity contribution in [3.05, 3.63) is 23.3 Å². The molecule has 0 atom stereocenters. The smallest absolute Gasteiger partial charge is 0.790 e. The van der Waals surface area contributed by atoms with Crippen LogP contribution in [0.4, 0.5) is 0 Å². The summed E-state index contributed by atoms with van der Waals surface area (Å²) in [5, 5.41) is 0. The Morgan fingerprint density at radius 1 is 1.18 bits per heavy atom. The first-order valence-electron chi connectivity index (χ1n) is 4.77. The van der Waals surface area contributed by atoms with Crippen molar-refractivity contribution in [1.29, 1.82) is 0 Å². The molecular formula is C10H17Li2O4P. The van der Waals surface area contributed by atoms with Gasteiger partial charge in [0.1, 0.15) is 0 Å².